The molecule has 0 aromatic heterocycles. The number of ether oxygens (including phenoxy) is 2. The molecule has 1 N–H and O–H groups in total. The van der Waals surface area contributed by atoms with Gasteiger partial charge in [-0.25, -0.2) is 0 Å². The van der Waals surface area contributed by atoms with Gasteiger partial charge in [0.15, 0.2) is 12.4 Å². The van der Waals surface area contributed by atoms with Crippen molar-refractivity contribution in [3.8, 4) is 11.5 Å². The predicted molar refractivity (Wildman–Crippen MR) is 90.2 cm³/mol. The molecule has 1 amide bonds. The third kappa shape index (κ3) is 4.77. The fourth-order valence-corrected chi connectivity index (χ4v) is 2.06. The first kappa shape index (κ1) is 17.9. The molecule has 0 spiro atoms. The fourth-order valence-electron chi connectivity index (χ4n) is 2.06. The summed E-state index contributed by atoms with van der Waals surface area (Å²) in [6.07, 6.45) is 0. The van der Waals surface area contributed by atoms with Gasteiger partial charge in [-0.05, 0) is 25.1 Å². The fraction of sp³-hybridized carbons (Fsp3) is 0.176. The molecule has 0 radical (unpaired) electrons. The maximum atomic E-state index is 11.9. The maximum Gasteiger partial charge on any atom is 0.311 e. The molecule has 0 unspecified atom stereocenters. The smallest absolute Gasteiger partial charge is 0.311 e. The van der Waals surface area contributed by atoms with E-state index in [4.69, 9.17) is 9.47 Å². The summed E-state index contributed by atoms with van der Waals surface area (Å²) in [4.78, 5) is 33.5. The van der Waals surface area contributed by atoms with Crippen LogP contribution in [-0.2, 0) is 4.79 Å². The van der Waals surface area contributed by atoms with E-state index in [-0.39, 0.29) is 29.6 Å². The van der Waals surface area contributed by atoms with Crippen LogP contribution in [0.5, 0.6) is 11.5 Å². The number of ketones is 1. The van der Waals surface area contributed by atoms with E-state index in [0.717, 1.165) is 0 Å². The molecule has 2 aromatic carbocycles. The lowest BCUT2D eigenvalue weighted by molar-refractivity contribution is -0.385. The molecular weight excluding hydrogens is 328 g/mol. The van der Waals surface area contributed by atoms with Gasteiger partial charge in [-0.1, -0.05) is 12.1 Å². The lowest BCUT2D eigenvalue weighted by Gasteiger charge is -2.09. The summed E-state index contributed by atoms with van der Waals surface area (Å²) < 4.78 is 10.2. The average Bonchev–Trinajstić information content (AvgIpc) is 2.59. The zero-order valence-corrected chi connectivity index (χ0v) is 13.6. The van der Waals surface area contributed by atoms with Gasteiger partial charge >= 0.3 is 5.69 Å². The van der Waals surface area contributed by atoms with Crippen molar-refractivity contribution in [1.29, 1.82) is 0 Å². The van der Waals surface area contributed by atoms with Crippen molar-refractivity contribution in [2.45, 2.75) is 6.92 Å². The molecule has 0 atom stereocenters. The molecule has 0 saturated carbocycles. The number of methoxy groups -OCH3 is 1. The number of nitrogens with zero attached hydrogens (tertiary/aromatic N) is 1. The third-order valence-corrected chi connectivity index (χ3v) is 3.27. The minimum absolute atomic E-state index is 0.0390. The van der Waals surface area contributed by atoms with Crippen LogP contribution in [0.1, 0.15) is 17.3 Å². The molecule has 0 fully saturated rings. The number of carbonyl (C=O) groups excluding carboxylic acids is 2. The highest BCUT2D eigenvalue weighted by molar-refractivity contribution is 5.97. The van der Waals surface area contributed by atoms with E-state index in [1.54, 1.807) is 24.3 Å². The van der Waals surface area contributed by atoms with Crippen molar-refractivity contribution in [3.05, 3.63) is 58.1 Å². The van der Waals surface area contributed by atoms with Crippen molar-refractivity contribution in [3.63, 3.8) is 0 Å². The van der Waals surface area contributed by atoms with Gasteiger partial charge in [-0.2, -0.15) is 0 Å². The van der Waals surface area contributed by atoms with Gasteiger partial charge in [0.1, 0.15) is 5.75 Å². The SMILES string of the molecule is COc1cc(OCC(=O)Nc2cccc(C(C)=O)c2)ccc1[N+](=O)[O-]. The highest BCUT2D eigenvalue weighted by atomic mass is 16.6. The van der Waals surface area contributed by atoms with Crippen LogP contribution in [0.2, 0.25) is 0 Å². The Balaban J connectivity index is 1.99. The lowest BCUT2D eigenvalue weighted by Crippen LogP contribution is -2.20. The van der Waals surface area contributed by atoms with Crippen molar-refractivity contribution in [2.75, 3.05) is 19.0 Å². The Hall–Kier alpha value is -3.42. The first-order valence-corrected chi connectivity index (χ1v) is 7.27. The molecule has 25 heavy (non-hydrogen) atoms. The summed E-state index contributed by atoms with van der Waals surface area (Å²) in [7, 11) is 1.31. The predicted octanol–water partition coefficient (Wildman–Crippen LogP) is 2.82. The molecule has 0 saturated heterocycles. The largest absolute Gasteiger partial charge is 0.490 e. The van der Waals surface area contributed by atoms with Gasteiger partial charge in [0.05, 0.1) is 12.0 Å². The first-order valence-electron chi connectivity index (χ1n) is 7.27. The van der Waals surface area contributed by atoms with E-state index in [0.29, 0.717) is 11.3 Å². The summed E-state index contributed by atoms with van der Waals surface area (Å²) in [6, 6.07) is 10.5. The summed E-state index contributed by atoms with van der Waals surface area (Å²) >= 11 is 0. The van der Waals surface area contributed by atoms with Crippen LogP contribution in [-0.4, -0.2) is 30.3 Å². The van der Waals surface area contributed by atoms with E-state index in [1.165, 1.54) is 32.2 Å². The number of rotatable bonds is 7. The lowest BCUT2D eigenvalue weighted by atomic mass is 10.1. The number of nitrogens with one attached hydrogen (secondary N) is 1. The number of hydrogen-bond acceptors (Lipinski definition) is 6. The molecule has 2 aromatic rings. The summed E-state index contributed by atoms with van der Waals surface area (Å²) in [5, 5.41) is 13.4. The number of nitro groups is 1. The Morgan fingerprint density at radius 3 is 2.60 bits per heavy atom. The minimum Gasteiger partial charge on any atom is -0.490 e. The highest BCUT2D eigenvalue weighted by Crippen LogP contribution is 2.30. The van der Waals surface area contributed by atoms with Crippen LogP contribution in [0.15, 0.2) is 42.5 Å². The number of benzene rings is 2. The van der Waals surface area contributed by atoms with Crippen molar-refractivity contribution in [2.24, 2.45) is 0 Å². The molecule has 0 heterocycles. The zero-order valence-electron chi connectivity index (χ0n) is 13.6. The van der Waals surface area contributed by atoms with Gasteiger partial charge < -0.3 is 14.8 Å². The van der Waals surface area contributed by atoms with Crippen LogP contribution in [0.4, 0.5) is 11.4 Å². The van der Waals surface area contributed by atoms with Crippen LogP contribution in [0.3, 0.4) is 0 Å². The topological polar surface area (TPSA) is 108 Å². The van der Waals surface area contributed by atoms with Crippen LogP contribution < -0.4 is 14.8 Å². The normalized spacial score (nSPS) is 10.0. The number of anilines is 1. The molecule has 8 heteroatoms. The van der Waals surface area contributed by atoms with Crippen LogP contribution in [0.25, 0.3) is 0 Å². The minimum atomic E-state index is -0.572. The van der Waals surface area contributed by atoms with Gasteiger partial charge in [0, 0.05) is 23.4 Å². The van der Waals surface area contributed by atoms with Crippen molar-refractivity contribution < 1.29 is 24.0 Å². The Bertz CT molecular complexity index is 819. The Labute approximate surface area is 143 Å². The van der Waals surface area contributed by atoms with Gasteiger partial charge in [0.25, 0.3) is 5.91 Å². The molecule has 130 valence electrons. The number of amides is 1. The molecule has 2 rings (SSSR count). The zero-order chi connectivity index (χ0) is 18.4. The Morgan fingerprint density at radius 1 is 1.20 bits per heavy atom. The highest BCUT2D eigenvalue weighted by Gasteiger charge is 2.15. The standard InChI is InChI=1S/C17H16N2O6/c1-11(20)12-4-3-5-13(8-12)18-17(21)10-25-14-6-7-15(19(22)23)16(9-14)24-2/h3-9H,10H2,1-2H3,(H,18,21). The quantitative estimate of drug-likeness (QED) is 0.470. The number of carbonyl (C=O) groups is 2. The monoisotopic (exact) mass is 344 g/mol. The van der Waals surface area contributed by atoms with E-state index in [1.807, 2.05) is 0 Å². The van der Waals surface area contributed by atoms with E-state index >= 15 is 0 Å². The van der Waals surface area contributed by atoms with Gasteiger partial charge in [-0.3, -0.25) is 19.7 Å². The van der Waals surface area contributed by atoms with Crippen LogP contribution in [0, 0.1) is 10.1 Å². The average molecular weight is 344 g/mol. The molecule has 8 nitrogen and oxygen atoms in total. The second-order valence-electron chi connectivity index (χ2n) is 5.06. The molecule has 0 aliphatic rings. The van der Waals surface area contributed by atoms with Gasteiger partial charge in [0.2, 0.25) is 5.75 Å². The van der Waals surface area contributed by atoms with Crippen LogP contribution >= 0.6 is 0 Å². The van der Waals surface area contributed by atoms with E-state index in [2.05, 4.69) is 5.32 Å². The summed E-state index contributed by atoms with van der Waals surface area (Å²) in [5.41, 5.74) is 0.766. The van der Waals surface area contributed by atoms with Gasteiger partial charge in [-0.15, -0.1) is 0 Å². The third-order valence-electron chi connectivity index (χ3n) is 3.27. The molecule has 0 aliphatic carbocycles. The van der Waals surface area contributed by atoms with E-state index < -0.39 is 10.8 Å². The van der Waals surface area contributed by atoms with Crippen molar-refractivity contribution >= 4 is 23.1 Å². The molecular formula is C17H16N2O6. The second-order valence-corrected chi connectivity index (χ2v) is 5.06. The number of hydrogen-bond donors (Lipinski definition) is 1. The molecule has 0 bridgehead atoms. The maximum absolute atomic E-state index is 11.9. The number of Topliss-reactive ketones (excluding diaryl/α,β-unsaturated/α-hetero) is 1. The molecule has 0 aliphatic heterocycles. The first-order chi connectivity index (χ1) is 11.9. The summed E-state index contributed by atoms with van der Waals surface area (Å²) in [5.74, 6) is -0.240. The van der Waals surface area contributed by atoms with Crippen molar-refractivity contribution in [1.82, 2.24) is 0 Å². The Kier molecular flexibility index (Phi) is 5.67. The summed E-state index contributed by atoms with van der Waals surface area (Å²) in [6.45, 7) is 1.14. The number of nitro benzene ring substituents is 1. The van der Waals surface area contributed by atoms with E-state index in [9.17, 15) is 19.7 Å². The Morgan fingerprint density at radius 2 is 1.96 bits per heavy atom. The second kappa shape index (κ2) is 7.91.